The highest BCUT2D eigenvalue weighted by Crippen LogP contribution is 2.30. The number of rotatable bonds is 4. The molecule has 0 aliphatic heterocycles. The number of thiazole rings is 1. The summed E-state index contributed by atoms with van der Waals surface area (Å²) in [5.74, 6) is -0.156. The smallest absolute Gasteiger partial charge is 0.260 e. The number of nitrogens with one attached hydrogen (secondary N) is 1. The molecule has 0 fully saturated rings. The van der Waals surface area contributed by atoms with Gasteiger partial charge in [-0.2, -0.15) is 5.10 Å². The van der Waals surface area contributed by atoms with E-state index in [1.54, 1.807) is 28.4 Å². The van der Waals surface area contributed by atoms with Crippen molar-refractivity contribution in [3.63, 3.8) is 0 Å². The number of carbonyl (C=O) groups is 1. The molecule has 6 heteroatoms. The molecule has 1 aromatic carbocycles. The van der Waals surface area contributed by atoms with Crippen LogP contribution in [0.25, 0.3) is 0 Å². The summed E-state index contributed by atoms with van der Waals surface area (Å²) in [6.45, 7) is 0.652. The van der Waals surface area contributed by atoms with Crippen molar-refractivity contribution in [3.05, 3.63) is 64.4 Å². The average Bonchev–Trinajstić information content (AvgIpc) is 3.24. The molecular weight excluding hydrogens is 308 g/mol. The highest BCUT2D eigenvalue weighted by molar-refractivity contribution is 7.15. The van der Waals surface area contributed by atoms with E-state index in [0.717, 1.165) is 24.1 Å². The summed E-state index contributed by atoms with van der Waals surface area (Å²) in [6, 6.07) is 10.1. The van der Waals surface area contributed by atoms with Gasteiger partial charge in [0.25, 0.3) is 5.91 Å². The Labute approximate surface area is 138 Å². The fraction of sp³-hybridized carbons (Fsp3) is 0.235. The van der Waals surface area contributed by atoms with Gasteiger partial charge in [0.2, 0.25) is 0 Å². The molecule has 1 aliphatic rings. The van der Waals surface area contributed by atoms with E-state index in [2.05, 4.69) is 15.4 Å². The van der Waals surface area contributed by atoms with Crippen LogP contribution in [0, 0.1) is 0 Å². The lowest BCUT2D eigenvalue weighted by atomic mass is 10.2. The number of aromatic nitrogens is 3. The number of amides is 1. The number of benzene rings is 1. The second-order valence-corrected chi connectivity index (χ2v) is 6.69. The Hall–Kier alpha value is -2.47. The van der Waals surface area contributed by atoms with Crippen LogP contribution in [0.2, 0.25) is 0 Å². The first-order valence-corrected chi connectivity index (χ1v) is 8.46. The summed E-state index contributed by atoms with van der Waals surface area (Å²) in [5.41, 5.74) is 2.85. The van der Waals surface area contributed by atoms with Crippen LogP contribution in [-0.2, 0) is 19.4 Å². The number of aryl methyl sites for hydroxylation is 2. The van der Waals surface area contributed by atoms with Crippen LogP contribution in [0.3, 0.4) is 0 Å². The first kappa shape index (κ1) is 14.1. The molecule has 0 saturated carbocycles. The quantitative estimate of drug-likeness (QED) is 0.802. The van der Waals surface area contributed by atoms with Crippen molar-refractivity contribution in [1.29, 1.82) is 0 Å². The van der Waals surface area contributed by atoms with Crippen LogP contribution >= 0.6 is 11.3 Å². The molecule has 5 nitrogen and oxygen atoms in total. The van der Waals surface area contributed by atoms with Gasteiger partial charge in [0.15, 0.2) is 5.13 Å². The van der Waals surface area contributed by atoms with Crippen molar-refractivity contribution in [3.8, 4) is 0 Å². The molecule has 0 saturated heterocycles. The van der Waals surface area contributed by atoms with E-state index >= 15 is 0 Å². The van der Waals surface area contributed by atoms with Gasteiger partial charge < -0.3 is 0 Å². The Bertz CT molecular complexity index is 816. The van der Waals surface area contributed by atoms with Crippen molar-refractivity contribution in [2.45, 2.75) is 25.8 Å². The Morgan fingerprint density at radius 3 is 2.96 bits per heavy atom. The molecule has 0 atom stereocenters. The van der Waals surface area contributed by atoms with E-state index in [4.69, 9.17) is 0 Å². The molecule has 23 heavy (non-hydrogen) atoms. The third-order valence-electron chi connectivity index (χ3n) is 3.90. The summed E-state index contributed by atoms with van der Waals surface area (Å²) >= 11 is 1.58. The van der Waals surface area contributed by atoms with Crippen molar-refractivity contribution < 1.29 is 4.79 Å². The number of fused-ring (bicyclic) bond motifs is 1. The minimum Gasteiger partial charge on any atom is -0.298 e. The van der Waals surface area contributed by atoms with Crippen LogP contribution < -0.4 is 5.32 Å². The Balaban J connectivity index is 1.44. The van der Waals surface area contributed by atoms with Gasteiger partial charge >= 0.3 is 0 Å². The van der Waals surface area contributed by atoms with E-state index in [9.17, 15) is 4.79 Å². The molecule has 0 spiro atoms. The fourth-order valence-electron chi connectivity index (χ4n) is 2.75. The van der Waals surface area contributed by atoms with Gasteiger partial charge in [-0.25, -0.2) is 4.98 Å². The number of anilines is 1. The van der Waals surface area contributed by atoms with Crippen molar-refractivity contribution >= 4 is 22.4 Å². The van der Waals surface area contributed by atoms with Crippen LogP contribution in [0.5, 0.6) is 0 Å². The first-order chi connectivity index (χ1) is 11.3. The van der Waals surface area contributed by atoms with E-state index < -0.39 is 0 Å². The summed E-state index contributed by atoms with van der Waals surface area (Å²) in [7, 11) is 0. The molecule has 2 heterocycles. The average molecular weight is 324 g/mol. The number of carbonyl (C=O) groups excluding carboxylic acids is 1. The van der Waals surface area contributed by atoms with Gasteiger partial charge in [0, 0.05) is 11.1 Å². The topological polar surface area (TPSA) is 59.8 Å². The highest BCUT2D eigenvalue weighted by atomic mass is 32.1. The van der Waals surface area contributed by atoms with Gasteiger partial charge in [-0.15, -0.1) is 11.3 Å². The maximum absolute atomic E-state index is 12.3. The predicted molar refractivity (Wildman–Crippen MR) is 89.9 cm³/mol. The summed E-state index contributed by atoms with van der Waals surface area (Å²) in [4.78, 5) is 18.1. The molecule has 1 N–H and O–H groups in total. The highest BCUT2D eigenvalue weighted by Gasteiger charge is 2.18. The molecule has 1 amide bonds. The lowest BCUT2D eigenvalue weighted by Gasteiger charge is -2.01. The molecule has 2 aromatic heterocycles. The Kier molecular flexibility index (Phi) is 3.67. The summed E-state index contributed by atoms with van der Waals surface area (Å²) in [5, 5.41) is 7.83. The standard InChI is InChI=1S/C17H16N4OS/c22-16(20-17-19-14-7-4-8-15(14)23-17)13-9-18-21(11-13)10-12-5-2-1-3-6-12/h1-3,5-6,9,11H,4,7-8,10H2,(H,19,20,22). The number of hydrogen-bond acceptors (Lipinski definition) is 4. The van der Waals surface area contributed by atoms with Crippen LogP contribution in [-0.4, -0.2) is 20.7 Å². The number of nitrogens with zero attached hydrogens (tertiary/aromatic N) is 3. The molecule has 0 bridgehead atoms. The first-order valence-electron chi connectivity index (χ1n) is 7.64. The normalized spacial score (nSPS) is 13.0. The molecule has 0 unspecified atom stereocenters. The van der Waals surface area contributed by atoms with Crippen molar-refractivity contribution in [2.24, 2.45) is 0 Å². The van der Waals surface area contributed by atoms with Gasteiger partial charge in [-0.1, -0.05) is 30.3 Å². The Morgan fingerprint density at radius 2 is 2.13 bits per heavy atom. The van der Waals surface area contributed by atoms with Gasteiger partial charge in [-0.3, -0.25) is 14.8 Å². The van der Waals surface area contributed by atoms with Gasteiger partial charge in [-0.05, 0) is 24.8 Å². The molecule has 0 radical (unpaired) electrons. The molecule has 3 aromatic rings. The second kappa shape index (κ2) is 5.96. The van der Waals surface area contributed by atoms with Crippen molar-refractivity contribution in [2.75, 3.05) is 5.32 Å². The van der Waals surface area contributed by atoms with Gasteiger partial charge in [0.1, 0.15) is 0 Å². The zero-order valence-electron chi connectivity index (χ0n) is 12.5. The monoisotopic (exact) mass is 324 g/mol. The van der Waals surface area contributed by atoms with Crippen LogP contribution in [0.1, 0.15) is 32.9 Å². The molecule has 116 valence electrons. The molecular formula is C17H16N4OS. The minimum absolute atomic E-state index is 0.156. The number of hydrogen-bond donors (Lipinski definition) is 1. The van der Waals surface area contributed by atoms with E-state index in [1.807, 2.05) is 30.3 Å². The third kappa shape index (κ3) is 3.03. The summed E-state index contributed by atoms with van der Waals surface area (Å²) in [6.07, 6.45) is 6.65. The van der Waals surface area contributed by atoms with Crippen LogP contribution in [0.15, 0.2) is 42.7 Å². The molecule has 1 aliphatic carbocycles. The SMILES string of the molecule is O=C(Nc1nc2c(s1)CCC2)c1cnn(Cc2ccccc2)c1. The zero-order chi connectivity index (χ0) is 15.6. The second-order valence-electron chi connectivity index (χ2n) is 5.61. The van der Waals surface area contributed by atoms with E-state index in [0.29, 0.717) is 17.2 Å². The molecule has 4 rings (SSSR count). The Morgan fingerprint density at radius 1 is 1.26 bits per heavy atom. The third-order valence-corrected chi connectivity index (χ3v) is 4.97. The summed E-state index contributed by atoms with van der Waals surface area (Å²) < 4.78 is 1.77. The van der Waals surface area contributed by atoms with Gasteiger partial charge in [0.05, 0.1) is 24.0 Å². The largest absolute Gasteiger partial charge is 0.298 e. The fourth-order valence-corrected chi connectivity index (χ4v) is 3.80. The minimum atomic E-state index is -0.156. The van der Waals surface area contributed by atoms with E-state index in [1.165, 1.54) is 11.3 Å². The lowest BCUT2D eigenvalue weighted by Crippen LogP contribution is -2.11. The lowest BCUT2D eigenvalue weighted by molar-refractivity contribution is 0.102. The van der Waals surface area contributed by atoms with Crippen LogP contribution in [0.4, 0.5) is 5.13 Å². The maximum Gasteiger partial charge on any atom is 0.260 e. The maximum atomic E-state index is 12.3. The predicted octanol–water partition coefficient (Wildman–Crippen LogP) is 3.13. The zero-order valence-corrected chi connectivity index (χ0v) is 13.3. The van der Waals surface area contributed by atoms with Crippen molar-refractivity contribution in [1.82, 2.24) is 14.8 Å². The van der Waals surface area contributed by atoms with E-state index in [-0.39, 0.29) is 5.91 Å².